The number of pyridine rings is 1. The molecule has 0 fully saturated rings. The third-order valence-corrected chi connectivity index (χ3v) is 2.54. The molecule has 1 rings (SSSR count). The van der Waals surface area contributed by atoms with Gasteiger partial charge in [-0.15, -0.1) is 0 Å². The molecule has 4 heteroatoms. The van der Waals surface area contributed by atoms with Gasteiger partial charge < -0.3 is 0 Å². The normalized spacial score (nSPS) is 12.9. The molecule has 0 saturated heterocycles. The van der Waals surface area contributed by atoms with Crippen LogP contribution in [0.15, 0.2) is 12.1 Å². The molecule has 0 spiro atoms. The second kappa shape index (κ2) is 4.67. The second-order valence-corrected chi connectivity index (χ2v) is 5.20. The van der Waals surface area contributed by atoms with Crippen LogP contribution in [-0.2, 0) is 18.0 Å². The summed E-state index contributed by atoms with van der Waals surface area (Å²) in [5.41, 5.74) is -0.531. The van der Waals surface area contributed by atoms with Crippen LogP contribution in [0.5, 0.6) is 0 Å². The average molecular weight is 245 g/mol. The van der Waals surface area contributed by atoms with Gasteiger partial charge >= 0.3 is 6.18 Å². The fourth-order valence-electron chi connectivity index (χ4n) is 1.72. The van der Waals surface area contributed by atoms with Gasteiger partial charge in [0.1, 0.15) is 5.69 Å². The molecule has 0 N–H and O–H groups in total. The number of hydrogen-bond acceptors (Lipinski definition) is 1. The largest absolute Gasteiger partial charge is 0.433 e. The van der Waals surface area contributed by atoms with Gasteiger partial charge in [-0.05, 0) is 23.5 Å². The molecule has 0 radical (unpaired) electrons. The third kappa shape index (κ3) is 3.45. The van der Waals surface area contributed by atoms with Gasteiger partial charge in [0.25, 0.3) is 0 Å². The van der Waals surface area contributed by atoms with Crippen molar-refractivity contribution < 1.29 is 13.2 Å². The van der Waals surface area contributed by atoms with E-state index in [0.29, 0.717) is 12.1 Å². The fraction of sp³-hybridized carbons (Fsp3) is 0.615. The van der Waals surface area contributed by atoms with Crippen molar-refractivity contribution in [2.45, 2.75) is 52.1 Å². The Hall–Kier alpha value is -1.06. The Kier molecular flexibility index (Phi) is 3.84. The van der Waals surface area contributed by atoms with Crippen LogP contribution in [0.2, 0.25) is 0 Å². The van der Waals surface area contributed by atoms with Crippen molar-refractivity contribution in [3.8, 4) is 0 Å². The molecule has 1 aromatic rings. The van der Waals surface area contributed by atoms with Gasteiger partial charge in [0.05, 0.1) is 0 Å². The van der Waals surface area contributed by atoms with Crippen LogP contribution < -0.4 is 0 Å². The van der Waals surface area contributed by atoms with Crippen LogP contribution in [0, 0.1) is 0 Å². The summed E-state index contributed by atoms with van der Waals surface area (Å²) in [5, 5.41) is 0. The van der Waals surface area contributed by atoms with Gasteiger partial charge in [-0.1, -0.05) is 40.2 Å². The highest BCUT2D eigenvalue weighted by Crippen LogP contribution is 2.36. The van der Waals surface area contributed by atoms with Crippen molar-refractivity contribution in [1.29, 1.82) is 0 Å². The summed E-state index contributed by atoms with van der Waals surface area (Å²) in [6, 6.07) is 3.25. The fourth-order valence-corrected chi connectivity index (χ4v) is 1.72. The summed E-state index contributed by atoms with van der Waals surface area (Å²) in [6.45, 7) is 7.21. The predicted molar refractivity (Wildman–Crippen MR) is 61.9 cm³/mol. The highest BCUT2D eigenvalue weighted by molar-refractivity contribution is 5.31. The molecular formula is C13H18F3N. The van der Waals surface area contributed by atoms with Crippen molar-refractivity contribution >= 4 is 0 Å². The molecule has 1 heterocycles. The maximum atomic E-state index is 12.9. The van der Waals surface area contributed by atoms with E-state index in [1.54, 1.807) is 32.9 Å². The van der Waals surface area contributed by atoms with E-state index in [1.807, 2.05) is 6.92 Å². The molecule has 1 aromatic heterocycles. The first kappa shape index (κ1) is 14.0. The van der Waals surface area contributed by atoms with Gasteiger partial charge in [-0.2, -0.15) is 13.2 Å². The number of rotatable bonds is 2. The van der Waals surface area contributed by atoms with Crippen molar-refractivity contribution in [3.05, 3.63) is 29.1 Å². The van der Waals surface area contributed by atoms with E-state index in [9.17, 15) is 13.2 Å². The average Bonchev–Trinajstić information content (AvgIpc) is 2.15. The van der Waals surface area contributed by atoms with Crippen LogP contribution in [0.4, 0.5) is 13.2 Å². The SMILES string of the molecule is CCCc1ccc(C(C)(C)C)c(C(F)(F)F)n1. The van der Waals surface area contributed by atoms with E-state index in [0.717, 1.165) is 6.42 Å². The Morgan fingerprint density at radius 2 is 1.71 bits per heavy atom. The number of alkyl halides is 3. The molecule has 0 unspecified atom stereocenters. The zero-order valence-electron chi connectivity index (χ0n) is 10.7. The Morgan fingerprint density at radius 1 is 1.12 bits per heavy atom. The number of aryl methyl sites for hydroxylation is 1. The van der Waals surface area contributed by atoms with Crippen LogP contribution in [0.25, 0.3) is 0 Å². The van der Waals surface area contributed by atoms with Crippen molar-refractivity contribution in [3.63, 3.8) is 0 Å². The van der Waals surface area contributed by atoms with E-state index >= 15 is 0 Å². The van der Waals surface area contributed by atoms with Gasteiger partial charge in [-0.25, -0.2) is 4.98 Å². The lowest BCUT2D eigenvalue weighted by molar-refractivity contribution is -0.142. The van der Waals surface area contributed by atoms with Gasteiger partial charge in [0.2, 0.25) is 0 Å². The van der Waals surface area contributed by atoms with Crippen molar-refractivity contribution in [2.24, 2.45) is 0 Å². The summed E-state index contributed by atoms with van der Waals surface area (Å²) >= 11 is 0. The molecule has 0 amide bonds. The van der Waals surface area contributed by atoms with E-state index in [4.69, 9.17) is 0 Å². The van der Waals surface area contributed by atoms with Crippen LogP contribution in [0.3, 0.4) is 0 Å². The molecule has 0 atom stereocenters. The molecule has 1 nitrogen and oxygen atoms in total. The first-order valence-corrected chi connectivity index (χ1v) is 5.74. The molecule has 17 heavy (non-hydrogen) atoms. The Labute approximate surface area is 100 Å². The van der Waals surface area contributed by atoms with E-state index < -0.39 is 17.3 Å². The number of halogens is 3. The minimum atomic E-state index is -4.38. The summed E-state index contributed by atoms with van der Waals surface area (Å²) < 4.78 is 38.8. The molecule has 0 aliphatic heterocycles. The Balaban J connectivity index is 3.33. The molecule has 0 bridgehead atoms. The summed E-state index contributed by atoms with van der Waals surface area (Å²) in [6.07, 6.45) is -3.01. The minimum absolute atomic E-state index is 0.254. The van der Waals surface area contributed by atoms with Crippen LogP contribution >= 0.6 is 0 Å². The monoisotopic (exact) mass is 245 g/mol. The summed E-state index contributed by atoms with van der Waals surface area (Å²) in [4.78, 5) is 3.78. The van der Waals surface area contributed by atoms with E-state index in [2.05, 4.69) is 4.98 Å². The second-order valence-electron chi connectivity index (χ2n) is 5.20. The molecule has 0 aliphatic carbocycles. The highest BCUT2D eigenvalue weighted by Gasteiger charge is 2.38. The topological polar surface area (TPSA) is 12.9 Å². The Bertz CT molecular complexity index is 389. The standard InChI is InChI=1S/C13H18F3N/c1-5-6-9-7-8-10(12(2,3)4)11(17-9)13(14,15)16/h7-8H,5-6H2,1-4H3. The first-order valence-electron chi connectivity index (χ1n) is 5.74. The van der Waals surface area contributed by atoms with Crippen molar-refractivity contribution in [1.82, 2.24) is 4.98 Å². The quantitative estimate of drug-likeness (QED) is 0.754. The number of nitrogens with zero attached hydrogens (tertiary/aromatic N) is 1. The zero-order chi connectivity index (χ0) is 13.3. The maximum Gasteiger partial charge on any atom is 0.433 e. The number of hydrogen-bond donors (Lipinski definition) is 0. The Morgan fingerprint density at radius 3 is 2.12 bits per heavy atom. The minimum Gasteiger partial charge on any atom is -0.248 e. The van der Waals surface area contributed by atoms with Gasteiger partial charge in [-0.3, -0.25) is 0 Å². The van der Waals surface area contributed by atoms with Crippen LogP contribution in [0.1, 0.15) is 51.1 Å². The number of aromatic nitrogens is 1. The lowest BCUT2D eigenvalue weighted by Crippen LogP contribution is -2.21. The van der Waals surface area contributed by atoms with Gasteiger partial charge in [0, 0.05) is 5.69 Å². The smallest absolute Gasteiger partial charge is 0.248 e. The third-order valence-electron chi connectivity index (χ3n) is 2.54. The maximum absolute atomic E-state index is 12.9. The molecule has 0 aliphatic rings. The summed E-state index contributed by atoms with van der Waals surface area (Å²) in [5.74, 6) is 0. The lowest BCUT2D eigenvalue weighted by Gasteiger charge is -2.23. The van der Waals surface area contributed by atoms with E-state index in [-0.39, 0.29) is 5.56 Å². The lowest BCUT2D eigenvalue weighted by atomic mass is 9.85. The summed E-state index contributed by atoms with van der Waals surface area (Å²) in [7, 11) is 0. The van der Waals surface area contributed by atoms with E-state index in [1.165, 1.54) is 0 Å². The highest BCUT2D eigenvalue weighted by atomic mass is 19.4. The molecule has 96 valence electrons. The molecular weight excluding hydrogens is 227 g/mol. The van der Waals surface area contributed by atoms with Crippen molar-refractivity contribution in [2.75, 3.05) is 0 Å². The first-order chi connectivity index (χ1) is 7.66. The molecule has 0 aromatic carbocycles. The predicted octanol–water partition coefficient (Wildman–Crippen LogP) is 4.35. The zero-order valence-corrected chi connectivity index (χ0v) is 10.7. The van der Waals surface area contributed by atoms with Crippen LogP contribution in [-0.4, -0.2) is 4.98 Å². The van der Waals surface area contributed by atoms with Gasteiger partial charge in [0.15, 0.2) is 0 Å². The molecule has 0 saturated carbocycles.